The maximum Gasteiger partial charge on any atom is 0.289 e. The minimum absolute atomic E-state index is 0.00954. The molecule has 1 rings (SSSR count). The Hall–Kier alpha value is -1.25. The fraction of sp³-hybridized carbons (Fsp3) is 0.583. The van der Waals surface area contributed by atoms with E-state index in [4.69, 9.17) is 4.42 Å². The summed E-state index contributed by atoms with van der Waals surface area (Å²) in [7, 11) is 0. The van der Waals surface area contributed by atoms with Gasteiger partial charge in [-0.05, 0) is 25.0 Å². The molecule has 84 valence electrons. The summed E-state index contributed by atoms with van der Waals surface area (Å²) < 4.78 is 5.11. The van der Waals surface area contributed by atoms with Crippen molar-refractivity contribution in [3.8, 4) is 0 Å². The number of carbonyl (C=O) groups is 1. The predicted molar refractivity (Wildman–Crippen MR) is 59.8 cm³/mol. The third kappa shape index (κ3) is 3.42. The fourth-order valence-corrected chi connectivity index (χ4v) is 1.49. The van der Waals surface area contributed by atoms with E-state index in [1.165, 1.54) is 6.26 Å². The molecular formula is C12H19NO2. The van der Waals surface area contributed by atoms with Gasteiger partial charge in [0.1, 0.15) is 0 Å². The normalized spacial score (nSPS) is 10.3. The number of carbonyl (C=O) groups excluding carboxylic acids is 1. The standard InChI is InChI=1S/C12H19NO2/c1-3-5-9-13(8-4-2)12(14)11-7-6-10-15-11/h6-7,10H,3-5,8-9H2,1-2H3. The Labute approximate surface area is 91.1 Å². The first-order valence-electron chi connectivity index (χ1n) is 5.62. The van der Waals surface area contributed by atoms with Gasteiger partial charge >= 0.3 is 0 Å². The Morgan fingerprint density at radius 3 is 2.67 bits per heavy atom. The molecule has 0 aliphatic rings. The topological polar surface area (TPSA) is 33.5 Å². The van der Waals surface area contributed by atoms with Gasteiger partial charge in [0.2, 0.25) is 0 Å². The van der Waals surface area contributed by atoms with Crippen molar-refractivity contribution in [2.45, 2.75) is 33.1 Å². The lowest BCUT2D eigenvalue weighted by atomic mass is 10.2. The van der Waals surface area contributed by atoms with Crippen LogP contribution in [0.2, 0.25) is 0 Å². The third-order valence-electron chi connectivity index (χ3n) is 2.29. The largest absolute Gasteiger partial charge is 0.459 e. The minimum Gasteiger partial charge on any atom is -0.459 e. The van der Waals surface area contributed by atoms with Crippen molar-refractivity contribution in [1.29, 1.82) is 0 Å². The molecule has 0 fully saturated rings. The van der Waals surface area contributed by atoms with E-state index in [1.54, 1.807) is 12.1 Å². The summed E-state index contributed by atoms with van der Waals surface area (Å²) in [5, 5.41) is 0. The number of hydrogen-bond donors (Lipinski definition) is 0. The molecule has 0 aromatic carbocycles. The molecule has 0 unspecified atom stereocenters. The highest BCUT2D eigenvalue weighted by Crippen LogP contribution is 2.07. The molecule has 1 aromatic rings. The maximum absolute atomic E-state index is 11.9. The zero-order valence-corrected chi connectivity index (χ0v) is 9.53. The second-order valence-corrected chi connectivity index (χ2v) is 3.62. The van der Waals surface area contributed by atoms with E-state index in [1.807, 2.05) is 4.90 Å². The number of furan rings is 1. The quantitative estimate of drug-likeness (QED) is 0.721. The van der Waals surface area contributed by atoms with Gasteiger partial charge in [0, 0.05) is 13.1 Å². The molecule has 1 amide bonds. The molecule has 3 nitrogen and oxygen atoms in total. The summed E-state index contributed by atoms with van der Waals surface area (Å²) in [4.78, 5) is 13.8. The molecule has 0 N–H and O–H groups in total. The van der Waals surface area contributed by atoms with Crippen molar-refractivity contribution in [1.82, 2.24) is 4.90 Å². The van der Waals surface area contributed by atoms with E-state index < -0.39 is 0 Å². The lowest BCUT2D eigenvalue weighted by molar-refractivity contribution is 0.0721. The molecule has 3 heteroatoms. The number of rotatable bonds is 6. The molecule has 15 heavy (non-hydrogen) atoms. The number of amides is 1. The minimum atomic E-state index is 0.00954. The summed E-state index contributed by atoms with van der Waals surface area (Å²) in [6, 6.07) is 3.47. The van der Waals surface area contributed by atoms with Crippen LogP contribution in [0.4, 0.5) is 0 Å². The Morgan fingerprint density at radius 2 is 2.13 bits per heavy atom. The summed E-state index contributed by atoms with van der Waals surface area (Å²) in [6.45, 7) is 5.83. The Bertz CT molecular complexity index is 280. The van der Waals surface area contributed by atoms with Crippen LogP contribution in [0.3, 0.4) is 0 Å². The molecule has 0 saturated heterocycles. The van der Waals surface area contributed by atoms with Crippen molar-refractivity contribution in [2.24, 2.45) is 0 Å². The molecule has 1 heterocycles. The maximum atomic E-state index is 11.9. The predicted octanol–water partition coefficient (Wildman–Crippen LogP) is 2.93. The van der Waals surface area contributed by atoms with Crippen molar-refractivity contribution >= 4 is 5.91 Å². The number of nitrogens with zero attached hydrogens (tertiary/aromatic N) is 1. The second kappa shape index (κ2) is 6.27. The molecule has 0 spiro atoms. The zero-order chi connectivity index (χ0) is 11.1. The van der Waals surface area contributed by atoms with Crippen LogP contribution in [0, 0.1) is 0 Å². The van der Waals surface area contributed by atoms with Gasteiger partial charge in [-0.3, -0.25) is 4.79 Å². The lowest BCUT2D eigenvalue weighted by Gasteiger charge is -2.20. The zero-order valence-electron chi connectivity index (χ0n) is 9.53. The average molecular weight is 209 g/mol. The van der Waals surface area contributed by atoms with E-state index in [9.17, 15) is 4.79 Å². The molecular weight excluding hydrogens is 190 g/mol. The Morgan fingerprint density at radius 1 is 1.33 bits per heavy atom. The number of unbranched alkanes of at least 4 members (excludes halogenated alkanes) is 1. The number of hydrogen-bond acceptors (Lipinski definition) is 2. The molecule has 0 bridgehead atoms. The van der Waals surface area contributed by atoms with Gasteiger partial charge < -0.3 is 9.32 Å². The molecule has 1 aromatic heterocycles. The first-order chi connectivity index (χ1) is 7.29. The summed E-state index contributed by atoms with van der Waals surface area (Å²) in [5.41, 5.74) is 0. The van der Waals surface area contributed by atoms with E-state index >= 15 is 0 Å². The Kier molecular flexibility index (Phi) is 4.95. The molecule has 0 aliphatic carbocycles. The van der Waals surface area contributed by atoms with Crippen molar-refractivity contribution in [2.75, 3.05) is 13.1 Å². The third-order valence-corrected chi connectivity index (χ3v) is 2.29. The molecule has 0 aliphatic heterocycles. The van der Waals surface area contributed by atoms with Crippen LogP contribution >= 0.6 is 0 Å². The van der Waals surface area contributed by atoms with Gasteiger partial charge in [-0.25, -0.2) is 0 Å². The highest BCUT2D eigenvalue weighted by atomic mass is 16.3. The van der Waals surface area contributed by atoms with Gasteiger partial charge in [-0.1, -0.05) is 20.3 Å². The SMILES string of the molecule is CCCCN(CCC)C(=O)c1ccco1. The van der Waals surface area contributed by atoms with Crippen LogP contribution < -0.4 is 0 Å². The molecule has 0 saturated carbocycles. The van der Waals surface area contributed by atoms with Crippen LogP contribution in [0.25, 0.3) is 0 Å². The van der Waals surface area contributed by atoms with E-state index in [0.717, 1.165) is 32.4 Å². The van der Waals surface area contributed by atoms with Gasteiger partial charge in [-0.2, -0.15) is 0 Å². The van der Waals surface area contributed by atoms with Crippen LogP contribution in [0.1, 0.15) is 43.7 Å². The summed E-state index contributed by atoms with van der Waals surface area (Å²) in [6.07, 6.45) is 4.67. The van der Waals surface area contributed by atoms with Crippen LogP contribution in [0.5, 0.6) is 0 Å². The van der Waals surface area contributed by atoms with Crippen molar-refractivity contribution in [3.63, 3.8) is 0 Å². The fourth-order valence-electron chi connectivity index (χ4n) is 1.49. The van der Waals surface area contributed by atoms with Crippen LogP contribution in [-0.4, -0.2) is 23.9 Å². The average Bonchev–Trinajstić information content (AvgIpc) is 2.76. The van der Waals surface area contributed by atoms with E-state index in [2.05, 4.69) is 13.8 Å². The van der Waals surface area contributed by atoms with Gasteiger partial charge in [0.25, 0.3) is 5.91 Å². The second-order valence-electron chi connectivity index (χ2n) is 3.62. The van der Waals surface area contributed by atoms with Crippen molar-refractivity contribution in [3.05, 3.63) is 24.2 Å². The van der Waals surface area contributed by atoms with Crippen LogP contribution in [-0.2, 0) is 0 Å². The van der Waals surface area contributed by atoms with E-state index in [-0.39, 0.29) is 5.91 Å². The first kappa shape index (κ1) is 11.8. The first-order valence-corrected chi connectivity index (χ1v) is 5.62. The highest BCUT2D eigenvalue weighted by molar-refractivity contribution is 5.91. The van der Waals surface area contributed by atoms with E-state index in [0.29, 0.717) is 5.76 Å². The van der Waals surface area contributed by atoms with Gasteiger partial charge in [0.05, 0.1) is 6.26 Å². The smallest absolute Gasteiger partial charge is 0.289 e. The molecule has 0 radical (unpaired) electrons. The highest BCUT2D eigenvalue weighted by Gasteiger charge is 2.16. The van der Waals surface area contributed by atoms with Crippen molar-refractivity contribution < 1.29 is 9.21 Å². The monoisotopic (exact) mass is 209 g/mol. The van der Waals surface area contributed by atoms with Crippen LogP contribution in [0.15, 0.2) is 22.8 Å². The van der Waals surface area contributed by atoms with Gasteiger partial charge in [-0.15, -0.1) is 0 Å². The molecule has 0 atom stereocenters. The lowest BCUT2D eigenvalue weighted by Crippen LogP contribution is -2.32. The Balaban J connectivity index is 2.58. The van der Waals surface area contributed by atoms with Gasteiger partial charge in [0.15, 0.2) is 5.76 Å². The summed E-state index contributed by atoms with van der Waals surface area (Å²) >= 11 is 0. The summed E-state index contributed by atoms with van der Waals surface area (Å²) in [5.74, 6) is 0.454.